The van der Waals surface area contributed by atoms with Crippen LogP contribution in [0, 0.1) is 0 Å². The van der Waals surface area contributed by atoms with Crippen LogP contribution in [0.1, 0.15) is 24.3 Å². The zero-order valence-electron chi connectivity index (χ0n) is 12.9. The zero-order chi connectivity index (χ0) is 15.5. The minimum absolute atomic E-state index is 0.0290. The molecule has 1 unspecified atom stereocenters. The van der Waals surface area contributed by atoms with E-state index < -0.39 is 0 Å². The monoisotopic (exact) mass is 294 g/mol. The molecule has 1 aliphatic rings. The first-order chi connectivity index (χ1) is 9.87. The average molecular weight is 294 g/mol. The fraction of sp³-hybridized carbons (Fsp3) is 0.643. The van der Waals surface area contributed by atoms with Crippen LogP contribution >= 0.6 is 0 Å². The number of hydrogen-bond acceptors (Lipinski definition) is 6. The van der Waals surface area contributed by atoms with E-state index in [-0.39, 0.29) is 17.6 Å². The molecule has 0 spiro atoms. The van der Waals surface area contributed by atoms with Crippen LogP contribution in [0.4, 0.5) is 0 Å². The number of nitrogens with one attached hydrogen (secondary N) is 1. The highest BCUT2D eigenvalue weighted by molar-refractivity contribution is 5.91. The lowest BCUT2D eigenvalue weighted by Gasteiger charge is -2.36. The maximum atomic E-state index is 11.7. The van der Waals surface area contributed by atoms with Gasteiger partial charge in [-0.15, -0.1) is 10.2 Å². The van der Waals surface area contributed by atoms with Gasteiger partial charge in [0.2, 0.25) is 5.88 Å². The zero-order valence-corrected chi connectivity index (χ0v) is 12.9. The second-order valence-electron chi connectivity index (χ2n) is 5.90. The Morgan fingerprint density at radius 1 is 1.48 bits per heavy atom. The summed E-state index contributed by atoms with van der Waals surface area (Å²) in [6, 6.07) is 3.25. The molecule has 1 N–H and O–H groups in total. The van der Waals surface area contributed by atoms with Crippen molar-refractivity contribution in [1.82, 2.24) is 20.4 Å². The number of carbonyl (C=O) groups excluding carboxylic acids is 1. The number of carbonyl (C=O) groups is 1. The molecule has 2 rings (SSSR count). The number of amides is 1. The molecule has 21 heavy (non-hydrogen) atoms. The van der Waals surface area contributed by atoms with E-state index in [2.05, 4.69) is 15.5 Å². The Labute approximate surface area is 124 Å². The average Bonchev–Trinajstić information content (AvgIpc) is 2.44. The Kier molecular flexibility index (Phi) is 4.74. The lowest BCUT2D eigenvalue weighted by atomic mass is 10.1. The Morgan fingerprint density at radius 3 is 2.81 bits per heavy atom. The number of rotatable bonds is 4. The summed E-state index contributed by atoms with van der Waals surface area (Å²) in [6.45, 7) is 6.03. The fourth-order valence-corrected chi connectivity index (χ4v) is 2.08. The summed E-state index contributed by atoms with van der Waals surface area (Å²) in [5.74, 6) is 0.202. The van der Waals surface area contributed by atoms with Crippen molar-refractivity contribution in [2.45, 2.75) is 25.6 Å². The van der Waals surface area contributed by atoms with Crippen molar-refractivity contribution in [3.63, 3.8) is 0 Å². The van der Waals surface area contributed by atoms with Gasteiger partial charge in [0.15, 0.2) is 5.69 Å². The van der Waals surface area contributed by atoms with E-state index >= 15 is 0 Å². The van der Waals surface area contributed by atoms with Crippen LogP contribution in [0.3, 0.4) is 0 Å². The molecule has 1 fully saturated rings. The quantitative estimate of drug-likeness (QED) is 0.862. The summed E-state index contributed by atoms with van der Waals surface area (Å²) < 4.78 is 11.5. The second kappa shape index (κ2) is 6.36. The minimum Gasteiger partial charge on any atom is -0.474 e. The lowest BCUT2D eigenvalue weighted by Crippen LogP contribution is -2.52. The number of aromatic nitrogens is 2. The summed E-state index contributed by atoms with van der Waals surface area (Å²) in [4.78, 5) is 13.1. The highest BCUT2D eigenvalue weighted by Crippen LogP contribution is 2.16. The molecule has 2 heterocycles. The van der Waals surface area contributed by atoms with Gasteiger partial charge in [0, 0.05) is 33.3 Å². The molecule has 1 aromatic heterocycles. The van der Waals surface area contributed by atoms with Crippen LogP contribution < -0.4 is 10.1 Å². The summed E-state index contributed by atoms with van der Waals surface area (Å²) in [6.07, 6.45) is -0.0290. The number of nitrogens with zero attached hydrogens (tertiary/aromatic N) is 3. The molecule has 1 saturated heterocycles. The molecular weight excluding hydrogens is 272 g/mol. The molecule has 7 heteroatoms. The molecule has 0 radical (unpaired) electrons. The van der Waals surface area contributed by atoms with Crippen LogP contribution in [0.25, 0.3) is 0 Å². The van der Waals surface area contributed by atoms with Crippen LogP contribution in [-0.2, 0) is 4.74 Å². The van der Waals surface area contributed by atoms with E-state index in [1.54, 1.807) is 26.2 Å². The number of hydrogen-bond donors (Lipinski definition) is 1. The highest BCUT2D eigenvalue weighted by atomic mass is 16.6. The van der Waals surface area contributed by atoms with Crippen molar-refractivity contribution >= 4 is 5.91 Å². The molecule has 0 saturated carbocycles. The SMILES string of the molecule is CN(C)C(=O)c1ccc(OCC2CNCC(C)(C)O2)nn1. The topological polar surface area (TPSA) is 76.6 Å². The van der Waals surface area contributed by atoms with E-state index in [9.17, 15) is 4.79 Å². The van der Waals surface area contributed by atoms with Crippen LogP contribution in [0.15, 0.2) is 12.1 Å². The predicted octanol–water partition coefficient (Wildman–Crippen LogP) is 0.324. The van der Waals surface area contributed by atoms with E-state index in [1.165, 1.54) is 4.90 Å². The molecule has 0 aliphatic carbocycles. The Hall–Kier alpha value is -1.73. The Bertz CT molecular complexity index is 487. The molecule has 7 nitrogen and oxygen atoms in total. The largest absolute Gasteiger partial charge is 0.474 e. The molecule has 1 aliphatic heterocycles. The van der Waals surface area contributed by atoms with E-state index in [1.807, 2.05) is 13.8 Å². The normalized spacial score (nSPS) is 20.9. The second-order valence-corrected chi connectivity index (χ2v) is 5.90. The van der Waals surface area contributed by atoms with Crippen molar-refractivity contribution in [2.75, 3.05) is 33.8 Å². The third kappa shape index (κ3) is 4.37. The fourth-order valence-electron chi connectivity index (χ4n) is 2.08. The van der Waals surface area contributed by atoms with Crippen molar-refractivity contribution < 1.29 is 14.3 Å². The number of ether oxygens (including phenoxy) is 2. The van der Waals surface area contributed by atoms with Gasteiger partial charge in [-0.05, 0) is 19.9 Å². The summed E-state index contributed by atoms with van der Waals surface area (Å²) in [7, 11) is 3.34. The predicted molar refractivity (Wildman–Crippen MR) is 77.4 cm³/mol. The minimum atomic E-state index is -0.195. The molecule has 116 valence electrons. The van der Waals surface area contributed by atoms with Gasteiger partial charge in [-0.3, -0.25) is 4.79 Å². The smallest absolute Gasteiger partial charge is 0.273 e. The van der Waals surface area contributed by atoms with Gasteiger partial charge in [0.25, 0.3) is 5.91 Å². The standard InChI is InChI=1S/C14H22N4O3/c1-14(2)9-15-7-10(21-14)8-20-12-6-5-11(16-17-12)13(19)18(3)4/h5-6,10,15H,7-9H2,1-4H3. The maximum absolute atomic E-state index is 11.7. The Balaban J connectivity index is 1.88. The highest BCUT2D eigenvalue weighted by Gasteiger charge is 2.28. The van der Waals surface area contributed by atoms with E-state index in [0.717, 1.165) is 13.1 Å². The molecule has 0 aromatic carbocycles. The molecular formula is C14H22N4O3. The summed E-state index contributed by atoms with van der Waals surface area (Å²) in [5.41, 5.74) is 0.101. The van der Waals surface area contributed by atoms with Gasteiger partial charge in [0.05, 0.1) is 5.60 Å². The van der Waals surface area contributed by atoms with Crippen molar-refractivity contribution in [3.8, 4) is 5.88 Å². The van der Waals surface area contributed by atoms with Crippen LogP contribution in [0.2, 0.25) is 0 Å². The third-order valence-electron chi connectivity index (χ3n) is 3.09. The van der Waals surface area contributed by atoms with E-state index in [0.29, 0.717) is 18.2 Å². The van der Waals surface area contributed by atoms with Gasteiger partial charge in [-0.2, -0.15) is 0 Å². The van der Waals surface area contributed by atoms with Gasteiger partial charge < -0.3 is 19.7 Å². The van der Waals surface area contributed by atoms with Crippen LogP contribution in [-0.4, -0.2) is 66.5 Å². The van der Waals surface area contributed by atoms with E-state index in [4.69, 9.17) is 9.47 Å². The number of morpholine rings is 1. The first kappa shape index (κ1) is 15.7. The first-order valence-corrected chi connectivity index (χ1v) is 6.94. The molecule has 1 aromatic rings. The third-order valence-corrected chi connectivity index (χ3v) is 3.09. The first-order valence-electron chi connectivity index (χ1n) is 6.94. The summed E-state index contributed by atoms with van der Waals surface area (Å²) >= 11 is 0. The van der Waals surface area contributed by atoms with Crippen molar-refractivity contribution in [3.05, 3.63) is 17.8 Å². The van der Waals surface area contributed by atoms with Crippen molar-refractivity contribution in [2.24, 2.45) is 0 Å². The molecule has 1 atom stereocenters. The maximum Gasteiger partial charge on any atom is 0.273 e. The van der Waals surface area contributed by atoms with Gasteiger partial charge in [-0.1, -0.05) is 0 Å². The molecule has 1 amide bonds. The summed E-state index contributed by atoms with van der Waals surface area (Å²) in [5, 5.41) is 11.1. The molecule has 0 bridgehead atoms. The Morgan fingerprint density at radius 2 is 2.24 bits per heavy atom. The lowest BCUT2D eigenvalue weighted by molar-refractivity contribution is -0.107. The van der Waals surface area contributed by atoms with Crippen molar-refractivity contribution in [1.29, 1.82) is 0 Å². The van der Waals surface area contributed by atoms with Gasteiger partial charge in [-0.25, -0.2) is 0 Å². The van der Waals surface area contributed by atoms with Gasteiger partial charge >= 0.3 is 0 Å². The van der Waals surface area contributed by atoms with Gasteiger partial charge in [0.1, 0.15) is 12.7 Å². The van der Waals surface area contributed by atoms with Crippen LogP contribution in [0.5, 0.6) is 5.88 Å².